The maximum atomic E-state index is 11.2. The number of allylic oxidation sites excluding steroid dienone is 1. The van der Waals surface area contributed by atoms with Gasteiger partial charge in [-0.05, 0) is 12.1 Å². The van der Waals surface area contributed by atoms with Crippen LogP contribution < -0.4 is 0 Å². The zero-order valence-corrected chi connectivity index (χ0v) is 9.18. The summed E-state index contributed by atoms with van der Waals surface area (Å²) in [5.41, 5.74) is 0.888. The topological polar surface area (TPSA) is 72.2 Å². The largest absolute Gasteiger partial charge is 0.365 e. The van der Waals surface area contributed by atoms with E-state index in [-0.39, 0.29) is 12.2 Å². The fourth-order valence-corrected chi connectivity index (χ4v) is 2.35. The minimum absolute atomic E-state index is 0.249. The highest BCUT2D eigenvalue weighted by molar-refractivity contribution is 7.84. The Bertz CT molecular complexity index is 643. The molecular weight excluding hydrogens is 228 g/mol. The molecule has 0 fully saturated rings. The lowest BCUT2D eigenvalue weighted by atomic mass is 10.3. The van der Waals surface area contributed by atoms with Crippen molar-refractivity contribution in [1.82, 2.24) is 8.96 Å². The molecule has 0 radical (unpaired) electrons. The van der Waals surface area contributed by atoms with Crippen molar-refractivity contribution in [2.75, 3.05) is 0 Å². The summed E-state index contributed by atoms with van der Waals surface area (Å²) in [6.07, 6.45) is 1.80. The van der Waals surface area contributed by atoms with Gasteiger partial charge in [-0.1, -0.05) is 18.2 Å². The van der Waals surface area contributed by atoms with Crippen molar-refractivity contribution in [1.29, 1.82) is 0 Å². The fraction of sp³-hybridized carbons (Fsp3) is 0.100. The number of aromatic nitrogens is 2. The van der Waals surface area contributed by atoms with Gasteiger partial charge in [0.05, 0.1) is 11.0 Å². The van der Waals surface area contributed by atoms with Gasteiger partial charge in [-0.25, -0.2) is 8.96 Å². The van der Waals surface area contributed by atoms with E-state index in [9.17, 15) is 8.42 Å². The maximum Gasteiger partial charge on any atom is 0.365 e. The molecule has 1 aromatic carbocycles. The molecular formula is C10H10N2O3S. The summed E-state index contributed by atoms with van der Waals surface area (Å²) in [6, 6.07) is 6.71. The van der Waals surface area contributed by atoms with Crippen LogP contribution in [0.25, 0.3) is 11.0 Å². The molecule has 16 heavy (non-hydrogen) atoms. The van der Waals surface area contributed by atoms with Gasteiger partial charge in [-0.2, -0.15) is 8.42 Å². The molecule has 0 saturated heterocycles. The van der Waals surface area contributed by atoms with Crippen molar-refractivity contribution in [2.45, 2.75) is 6.42 Å². The molecule has 1 aromatic heterocycles. The molecule has 0 atom stereocenters. The first-order valence-corrected chi connectivity index (χ1v) is 5.99. The average molecular weight is 238 g/mol. The number of benzene rings is 1. The number of hydrogen-bond donors (Lipinski definition) is 1. The van der Waals surface area contributed by atoms with Gasteiger partial charge in [0.1, 0.15) is 5.82 Å². The van der Waals surface area contributed by atoms with Gasteiger partial charge in [-0.15, -0.1) is 6.58 Å². The van der Waals surface area contributed by atoms with Gasteiger partial charge in [-0.3, -0.25) is 4.55 Å². The Balaban J connectivity index is 2.85. The van der Waals surface area contributed by atoms with Crippen molar-refractivity contribution in [3.63, 3.8) is 0 Å². The summed E-state index contributed by atoms with van der Waals surface area (Å²) in [4.78, 5) is 4.12. The van der Waals surface area contributed by atoms with E-state index in [1.165, 1.54) is 6.08 Å². The van der Waals surface area contributed by atoms with Crippen LogP contribution in [-0.2, 0) is 16.7 Å². The Labute approximate surface area is 92.9 Å². The molecule has 0 spiro atoms. The van der Waals surface area contributed by atoms with Crippen LogP contribution in [0.4, 0.5) is 0 Å². The predicted octanol–water partition coefficient (Wildman–Crippen LogP) is 1.42. The molecule has 5 nitrogen and oxygen atoms in total. The van der Waals surface area contributed by atoms with Gasteiger partial charge in [0.15, 0.2) is 0 Å². The van der Waals surface area contributed by atoms with E-state index in [1.54, 1.807) is 24.3 Å². The molecule has 0 amide bonds. The molecule has 0 bridgehead atoms. The number of para-hydroxylation sites is 2. The third-order valence-corrected chi connectivity index (χ3v) is 3.01. The van der Waals surface area contributed by atoms with Gasteiger partial charge in [0, 0.05) is 6.42 Å². The SMILES string of the molecule is C=CCc1nc2ccccc2n1S(=O)(=O)O. The first-order chi connectivity index (χ1) is 7.54. The van der Waals surface area contributed by atoms with Crippen molar-refractivity contribution >= 4 is 21.3 Å². The van der Waals surface area contributed by atoms with Crippen LogP contribution in [0, 0.1) is 0 Å². The van der Waals surface area contributed by atoms with Gasteiger partial charge in [0.25, 0.3) is 0 Å². The molecule has 84 valence electrons. The quantitative estimate of drug-likeness (QED) is 0.648. The predicted molar refractivity (Wildman–Crippen MR) is 60.6 cm³/mol. The normalized spacial score (nSPS) is 11.8. The van der Waals surface area contributed by atoms with Crippen LogP contribution in [0.3, 0.4) is 0 Å². The lowest BCUT2D eigenvalue weighted by Crippen LogP contribution is -2.13. The van der Waals surface area contributed by atoms with E-state index in [0.29, 0.717) is 11.0 Å². The summed E-state index contributed by atoms with van der Waals surface area (Å²) in [5.74, 6) is 0.249. The smallest absolute Gasteiger partial charge is 0.269 e. The highest BCUT2D eigenvalue weighted by atomic mass is 32.2. The van der Waals surface area contributed by atoms with E-state index in [1.807, 2.05) is 0 Å². The number of hydrogen-bond acceptors (Lipinski definition) is 3. The second-order valence-electron chi connectivity index (χ2n) is 3.25. The van der Waals surface area contributed by atoms with Crippen molar-refractivity contribution in [3.8, 4) is 0 Å². The van der Waals surface area contributed by atoms with Crippen LogP contribution in [-0.4, -0.2) is 21.9 Å². The maximum absolute atomic E-state index is 11.2. The summed E-state index contributed by atoms with van der Waals surface area (Å²) in [5, 5.41) is 0. The minimum atomic E-state index is -4.33. The minimum Gasteiger partial charge on any atom is -0.269 e. The summed E-state index contributed by atoms with van der Waals surface area (Å²) < 4.78 is 32.5. The van der Waals surface area contributed by atoms with Crippen LogP contribution in [0.15, 0.2) is 36.9 Å². The lowest BCUT2D eigenvalue weighted by Gasteiger charge is -2.02. The molecule has 1 N–H and O–H groups in total. The lowest BCUT2D eigenvalue weighted by molar-refractivity contribution is 0.472. The van der Waals surface area contributed by atoms with Crippen molar-refractivity contribution < 1.29 is 13.0 Å². The first kappa shape index (κ1) is 10.8. The van der Waals surface area contributed by atoms with E-state index in [2.05, 4.69) is 11.6 Å². The number of fused-ring (bicyclic) bond motifs is 1. The molecule has 0 aliphatic heterocycles. The number of imidazole rings is 1. The zero-order chi connectivity index (χ0) is 11.8. The van der Waals surface area contributed by atoms with Crippen LogP contribution >= 0.6 is 0 Å². The molecule has 0 aliphatic carbocycles. The van der Waals surface area contributed by atoms with E-state index < -0.39 is 10.3 Å². The second-order valence-corrected chi connectivity index (χ2v) is 4.51. The van der Waals surface area contributed by atoms with Gasteiger partial charge >= 0.3 is 10.3 Å². The average Bonchev–Trinajstić information content (AvgIpc) is 2.55. The third-order valence-electron chi connectivity index (χ3n) is 2.14. The number of nitrogens with zero attached hydrogens (tertiary/aromatic N) is 2. The molecule has 2 aromatic rings. The highest BCUT2D eigenvalue weighted by Gasteiger charge is 2.18. The highest BCUT2D eigenvalue weighted by Crippen LogP contribution is 2.18. The fourth-order valence-electron chi connectivity index (χ4n) is 1.57. The molecule has 1 heterocycles. The van der Waals surface area contributed by atoms with Crippen molar-refractivity contribution in [2.24, 2.45) is 0 Å². The number of rotatable bonds is 3. The third kappa shape index (κ3) is 1.72. The second kappa shape index (κ2) is 3.73. The Morgan fingerprint density at radius 3 is 2.75 bits per heavy atom. The monoisotopic (exact) mass is 238 g/mol. The summed E-state index contributed by atoms with van der Waals surface area (Å²) in [7, 11) is -4.33. The standard InChI is InChI=1S/C10H10N2O3S/c1-2-5-10-11-8-6-3-4-7-9(8)12(10)16(13,14)15/h2-4,6-7H,1,5H2,(H,13,14,15). The summed E-state index contributed by atoms with van der Waals surface area (Å²) >= 11 is 0. The van der Waals surface area contributed by atoms with E-state index in [0.717, 1.165) is 3.97 Å². The molecule has 2 rings (SSSR count). The van der Waals surface area contributed by atoms with Gasteiger partial charge < -0.3 is 0 Å². The van der Waals surface area contributed by atoms with Crippen LogP contribution in [0.2, 0.25) is 0 Å². The Morgan fingerprint density at radius 2 is 2.12 bits per heavy atom. The Kier molecular flexibility index (Phi) is 2.53. The van der Waals surface area contributed by atoms with Crippen LogP contribution in [0.5, 0.6) is 0 Å². The van der Waals surface area contributed by atoms with Crippen LogP contribution in [0.1, 0.15) is 5.82 Å². The Hall–Kier alpha value is -1.66. The molecule has 0 aliphatic rings. The van der Waals surface area contributed by atoms with E-state index >= 15 is 0 Å². The molecule has 0 unspecified atom stereocenters. The zero-order valence-electron chi connectivity index (χ0n) is 8.37. The summed E-state index contributed by atoms with van der Waals surface area (Å²) in [6.45, 7) is 3.52. The molecule has 6 heteroatoms. The Morgan fingerprint density at radius 1 is 1.44 bits per heavy atom. The first-order valence-electron chi connectivity index (χ1n) is 4.59. The van der Waals surface area contributed by atoms with E-state index in [4.69, 9.17) is 4.55 Å². The van der Waals surface area contributed by atoms with Gasteiger partial charge in [0.2, 0.25) is 0 Å². The molecule has 0 saturated carbocycles. The van der Waals surface area contributed by atoms with Crippen molar-refractivity contribution in [3.05, 3.63) is 42.7 Å².